The number of aliphatic hydroxyl groups excluding tert-OH is 1. The lowest BCUT2D eigenvalue weighted by Gasteiger charge is -2.38. The second-order valence-electron chi connectivity index (χ2n) is 11.5. The van der Waals surface area contributed by atoms with Gasteiger partial charge in [-0.3, -0.25) is 9.59 Å². The molecule has 1 aromatic heterocycles. The average Bonchev–Trinajstić information content (AvgIpc) is 3.49. The number of likely N-dealkylation sites (tertiary alicyclic amines) is 1. The van der Waals surface area contributed by atoms with Gasteiger partial charge in [0.15, 0.2) is 0 Å². The summed E-state index contributed by atoms with van der Waals surface area (Å²) in [6.07, 6.45) is 3.43. The van der Waals surface area contributed by atoms with Crippen molar-refractivity contribution in [2.24, 2.45) is 5.41 Å². The molecule has 1 saturated carbocycles. The summed E-state index contributed by atoms with van der Waals surface area (Å²) in [6, 6.07) is 8.24. The highest BCUT2D eigenvalue weighted by atomic mass is 16.6. The number of nitrogens with one attached hydrogen (secondary N) is 1. The van der Waals surface area contributed by atoms with Crippen molar-refractivity contribution in [3.05, 3.63) is 47.8 Å². The van der Waals surface area contributed by atoms with Crippen LogP contribution >= 0.6 is 0 Å². The van der Waals surface area contributed by atoms with Crippen molar-refractivity contribution in [3.63, 3.8) is 0 Å². The largest absolute Gasteiger partial charge is 0.391 e. The molecule has 37 heavy (non-hydrogen) atoms. The van der Waals surface area contributed by atoms with Gasteiger partial charge in [-0.1, -0.05) is 56.3 Å². The molecule has 4 atom stereocenters. The lowest BCUT2D eigenvalue weighted by molar-refractivity contribution is -0.163. The van der Waals surface area contributed by atoms with E-state index < -0.39 is 29.2 Å². The van der Waals surface area contributed by atoms with Gasteiger partial charge in [0.25, 0.3) is 0 Å². The maximum atomic E-state index is 13.9. The lowest BCUT2D eigenvalue weighted by atomic mass is 9.85. The van der Waals surface area contributed by atoms with Crippen molar-refractivity contribution < 1.29 is 24.2 Å². The number of carbonyl (C=O) groups is 2. The van der Waals surface area contributed by atoms with Crippen LogP contribution in [0.4, 0.5) is 0 Å². The summed E-state index contributed by atoms with van der Waals surface area (Å²) in [7, 11) is 0. The number of hydrogen-bond donors (Lipinski definition) is 2. The van der Waals surface area contributed by atoms with Gasteiger partial charge in [-0.05, 0) is 23.8 Å². The van der Waals surface area contributed by atoms with E-state index in [2.05, 4.69) is 15.6 Å². The number of amides is 2. The van der Waals surface area contributed by atoms with Crippen molar-refractivity contribution >= 4 is 11.8 Å². The molecule has 0 radical (unpaired) electrons. The first-order chi connectivity index (χ1) is 17.7. The molecule has 10 heteroatoms. The third kappa shape index (κ3) is 5.42. The molecular formula is C27H37N5O5. The van der Waals surface area contributed by atoms with Gasteiger partial charge in [-0.15, -0.1) is 5.10 Å². The molecule has 0 spiro atoms. The van der Waals surface area contributed by atoms with Crippen molar-refractivity contribution in [2.45, 2.75) is 69.7 Å². The molecule has 3 aliphatic rings. The van der Waals surface area contributed by atoms with E-state index in [0.29, 0.717) is 25.7 Å². The molecule has 2 saturated heterocycles. The Morgan fingerprint density at radius 2 is 1.97 bits per heavy atom. The quantitative estimate of drug-likeness (QED) is 0.582. The minimum atomic E-state index is -0.810. The fourth-order valence-corrected chi connectivity index (χ4v) is 5.36. The highest BCUT2D eigenvalue weighted by Gasteiger charge is 2.46. The van der Waals surface area contributed by atoms with Gasteiger partial charge < -0.3 is 24.8 Å². The van der Waals surface area contributed by atoms with E-state index in [4.69, 9.17) is 9.47 Å². The van der Waals surface area contributed by atoms with Gasteiger partial charge in [0.05, 0.1) is 38.2 Å². The van der Waals surface area contributed by atoms with Gasteiger partial charge in [-0.25, -0.2) is 4.68 Å². The molecule has 2 aliphatic heterocycles. The molecule has 2 amide bonds. The van der Waals surface area contributed by atoms with Crippen molar-refractivity contribution in [1.82, 2.24) is 25.2 Å². The van der Waals surface area contributed by atoms with E-state index in [1.807, 2.05) is 57.3 Å². The summed E-state index contributed by atoms with van der Waals surface area (Å²) in [5, 5.41) is 22.1. The van der Waals surface area contributed by atoms with Crippen LogP contribution in [0.2, 0.25) is 0 Å². The van der Waals surface area contributed by atoms with Crippen LogP contribution in [-0.4, -0.2) is 81.9 Å². The number of hydrogen-bond acceptors (Lipinski definition) is 7. The Labute approximate surface area is 217 Å². The van der Waals surface area contributed by atoms with Crippen LogP contribution < -0.4 is 5.32 Å². The van der Waals surface area contributed by atoms with E-state index in [0.717, 1.165) is 24.1 Å². The van der Waals surface area contributed by atoms with Crippen LogP contribution in [0.5, 0.6) is 0 Å². The molecule has 10 nitrogen and oxygen atoms in total. The standard InChI is InChI=1S/C27H37N5O5/c1-26(2,3)23(32-15-21(29-30-32)18-9-10-18)25(35)31-14-20(33)13-22(31)24(34)28-16-27(17-36-11-12-37-27)19-7-5-4-6-8-19/h4-8,15,18,20,22-23,33H,9-14,16-17H2,1-3H3,(H,28,34)/t20-,22+,23-,27?/m1/s1. The Morgan fingerprint density at radius 3 is 2.62 bits per heavy atom. The second kappa shape index (κ2) is 10.2. The molecule has 200 valence electrons. The summed E-state index contributed by atoms with van der Waals surface area (Å²) in [4.78, 5) is 28.9. The zero-order chi connectivity index (χ0) is 26.2. The van der Waals surface area contributed by atoms with Gasteiger partial charge in [-0.2, -0.15) is 0 Å². The number of ether oxygens (including phenoxy) is 2. The van der Waals surface area contributed by atoms with E-state index in [1.165, 1.54) is 4.90 Å². The first kappa shape index (κ1) is 25.8. The van der Waals surface area contributed by atoms with Crippen LogP contribution in [0.25, 0.3) is 0 Å². The number of aliphatic hydroxyl groups is 1. The highest BCUT2D eigenvalue weighted by molar-refractivity contribution is 5.90. The number of carbonyl (C=O) groups excluding carboxylic acids is 2. The SMILES string of the molecule is CC(C)(C)[C@@H](C(=O)N1C[C@H](O)C[C@H]1C(=O)NCC1(c2ccccc2)COCCO1)n1cc(C2CC2)nn1. The molecule has 3 fully saturated rings. The third-order valence-corrected chi connectivity index (χ3v) is 7.50. The molecule has 5 rings (SSSR count). The zero-order valence-electron chi connectivity index (χ0n) is 21.8. The third-order valence-electron chi connectivity index (χ3n) is 7.50. The predicted molar refractivity (Wildman–Crippen MR) is 135 cm³/mol. The Kier molecular flexibility index (Phi) is 7.08. The average molecular weight is 512 g/mol. The van der Waals surface area contributed by atoms with Crippen LogP contribution in [0.1, 0.15) is 63.3 Å². The van der Waals surface area contributed by atoms with Crippen molar-refractivity contribution in [2.75, 3.05) is 32.9 Å². The Balaban J connectivity index is 1.34. The van der Waals surface area contributed by atoms with Gasteiger partial charge in [0.1, 0.15) is 17.7 Å². The normalized spacial score (nSPS) is 27.2. The Morgan fingerprint density at radius 1 is 1.22 bits per heavy atom. The fourth-order valence-electron chi connectivity index (χ4n) is 5.36. The summed E-state index contributed by atoms with van der Waals surface area (Å²) in [6.45, 7) is 7.44. The van der Waals surface area contributed by atoms with Gasteiger partial charge >= 0.3 is 0 Å². The summed E-state index contributed by atoms with van der Waals surface area (Å²) in [5.74, 6) is -0.148. The van der Waals surface area contributed by atoms with Crippen LogP contribution in [0.15, 0.2) is 36.5 Å². The minimum absolute atomic E-state index is 0.0944. The maximum Gasteiger partial charge on any atom is 0.248 e. The first-order valence-corrected chi connectivity index (χ1v) is 13.1. The zero-order valence-corrected chi connectivity index (χ0v) is 21.8. The van der Waals surface area contributed by atoms with E-state index in [9.17, 15) is 14.7 Å². The smallest absolute Gasteiger partial charge is 0.248 e. The first-order valence-electron chi connectivity index (χ1n) is 13.1. The second-order valence-corrected chi connectivity index (χ2v) is 11.5. The number of nitrogens with zero attached hydrogens (tertiary/aromatic N) is 4. The number of aromatic nitrogens is 3. The predicted octanol–water partition coefficient (Wildman–Crippen LogP) is 1.76. The van der Waals surface area contributed by atoms with Crippen LogP contribution in [0.3, 0.4) is 0 Å². The fraction of sp³-hybridized carbons (Fsp3) is 0.630. The summed E-state index contributed by atoms with van der Waals surface area (Å²) < 4.78 is 13.5. The molecule has 2 N–H and O–H groups in total. The van der Waals surface area contributed by atoms with Gasteiger partial charge in [0, 0.05) is 25.1 Å². The number of benzene rings is 1. The Bertz CT molecular complexity index is 1100. The van der Waals surface area contributed by atoms with E-state index >= 15 is 0 Å². The van der Waals surface area contributed by atoms with E-state index in [1.54, 1.807) is 4.68 Å². The molecule has 3 heterocycles. The molecular weight excluding hydrogens is 474 g/mol. The van der Waals surface area contributed by atoms with Crippen molar-refractivity contribution in [3.8, 4) is 0 Å². The van der Waals surface area contributed by atoms with Crippen molar-refractivity contribution in [1.29, 1.82) is 0 Å². The number of β-amino-alcohol motifs (C(OH)–C–C–N with tert-alkyl or cyclic N) is 1. The monoisotopic (exact) mass is 511 g/mol. The van der Waals surface area contributed by atoms with Crippen LogP contribution in [-0.2, 0) is 24.7 Å². The molecule has 1 aliphatic carbocycles. The topological polar surface area (TPSA) is 119 Å². The molecule has 2 aromatic rings. The Hall–Kier alpha value is -2.82. The van der Waals surface area contributed by atoms with Crippen LogP contribution in [0, 0.1) is 5.41 Å². The number of rotatable bonds is 7. The van der Waals surface area contributed by atoms with E-state index in [-0.39, 0.29) is 31.3 Å². The van der Waals surface area contributed by atoms with Gasteiger partial charge in [0.2, 0.25) is 11.8 Å². The lowest BCUT2D eigenvalue weighted by Crippen LogP contribution is -2.54. The summed E-state index contributed by atoms with van der Waals surface area (Å²) >= 11 is 0. The maximum absolute atomic E-state index is 13.9. The molecule has 0 bridgehead atoms. The minimum Gasteiger partial charge on any atom is -0.391 e. The molecule has 1 aromatic carbocycles. The summed E-state index contributed by atoms with van der Waals surface area (Å²) in [5.41, 5.74) is 0.526. The molecule has 1 unspecified atom stereocenters. The highest BCUT2D eigenvalue weighted by Crippen LogP contribution is 2.40.